The summed E-state index contributed by atoms with van der Waals surface area (Å²) in [7, 11) is -3.96. The van der Waals surface area contributed by atoms with Gasteiger partial charge in [0.05, 0.1) is 29.1 Å². The highest BCUT2D eigenvalue weighted by Gasteiger charge is 2.46. The Hall–Kier alpha value is -2.98. The van der Waals surface area contributed by atoms with E-state index in [-0.39, 0.29) is 35.7 Å². The normalized spacial score (nSPS) is 20.1. The molecule has 158 valence electrons. The summed E-state index contributed by atoms with van der Waals surface area (Å²) in [5.41, 5.74) is 1.51. The van der Waals surface area contributed by atoms with Gasteiger partial charge in [0.1, 0.15) is 5.75 Å². The number of phenolic OH excluding ortho intramolecular Hbond substituents is 1. The lowest BCUT2D eigenvalue weighted by Gasteiger charge is -2.22. The van der Waals surface area contributed by atoms with Crippen LogP contribution in [0.2, 0.25) is 0 Å². The number of sulfonamides is 1. The van der Waals surface area contributed by atoms with Crippen molar-refractivity contribution in [1.29, 1.82) is 0 Å². The number of carbonyl (C=O) groups is 1. The van der Waals surface area contributed by atoms with Gasteiger partial charge in [0.25, 0.3) is 0 Å². The van der Waals surface area contributed by atoms with Gasteiger partial charge in [-0.15, -0.1) is 0 Å². The highest BCUT2D eigenvalue weighted by Crippen LogP contribution is 2.37. The summed E-state index contributed by atoms with van der Waals surface area (Å²) < 4.78 is 44.0. The summed E-state index contributed by atoms with van der Waals surface area (Å²) in [6.45, 7) is 1.32. The number of halogens is 1. The molecule has 8 nitrogen and oxygen atoms in total. The lowest BCUT2D eigenvalue weighted by atomic mass is 10.1. The maximum absolute atomic E-state index is 16.0. The maximum atomic E-state index is 16.0. The lowest BCUT2D eigenvalue weighted by molar-refractivity contribution is -0.136. The van der Waals surface area contributed by atoms with Crippen molar-refractivity contribution in [2.24, 2.45) is 0 Å². The third-order valence-corrected chi connectivity index (χ3v) is 7.11. The van der Waals surface area contributed by atoms with Crippen LogP contribution in [0.15, 0.2) is 47.4 Å². The molecule has 2 heterocycles. The molecule has 0 amide bonds. The van der Waals surface area contributed by atoms with Crippen molar-refractivity contribution in [2.75, 3.05) is 13.1 Å². The number of hydrogen-bond donors (Lipinski definition) is 2. The van der Waals surface area contributed by atoms with Gasteiger partial charge in [-0.05, 0) is 42.8 Å². The number of aliphatic carboxylic acids is 1. The van der Waals surface area contributed by atoms with Crippen molar-refractivity contribution in [3.8, 4) is 5.75 Å². The molecule has 1 saturated heterocycles. The molecule has 1 fully saturated rings. The Bertz CT molecular complexity index is 1240. The zero-order valence-electron chi connectivity index (χ0n) is 16.1. The molecular weight excluding hydrogens is 413 g/mol. The van der Waals surface area contributed by atoms with Gasteiger partial charge in [0.15, 0.2) is 0 Å². The minimum Gasteiger partial charge on any atom is -0.508 e. The number of aryl methyl sites for hydroxylation is 1. The number of alkyl halides is 1. The van der Waals surface area contributed by atoms with E-state index in [1.807, 2.05) is 6.92 Å². The molecular formula is C20H20FN3O5S. The van der Waals surface area contributed by atoms with E-state index in [0.717, 1.165) is 14.6 Å². The van der Waals surface area contributed by atoms with Gasteiger partial charge in [-0.25, -0.2) is 17.5 Å². The second-order valence-corrected chi connectivity index (χ2v) is 9.39. The van der Waals surface area contributed by atoms with Crippen LogP contribution in [0.5, 0.6) is 5.75 Å². The molecule has 1 aliphatic rings. The zero-order chi connectivity index (χ0) is 21.7. The molecule has 0 bridgehead atoms. The molecule has 0 aliphatic carbocycles. The number of hydrogen-bond acceptors (Lipinski definition) is 5. The molecule has 1 atom stereocenters. The number of nitrogens with zero attached hydrogens (tertiary/aromatic N) is 3. The van der Waals surface area contributed by atoms with Crippen LogP contribution in [0.4, 0.5) is 4.39 Å². The standard InChI is InChI=1S/C20H20FN3O5S/c1-13-2-7-16-17(11-19(26)27)22-24(18(16)10-13)20(21)8-9-23(12-20)30(28,29)15-5-3-14(25)4-6-15/h2-7,10,25H,8-9,11-12H2,1H3,(H,26,27)/t20-/m1/s1. The number of carboxylic acids is 1. The fraction of sp³-hybridized carbons (Fsp3) is 0.300. The van der Waals surface area contributed by atoms with Crippen LogP contribution < -0.4 is 0 Å². The molecule has 3 aromatic rings. The Morgan fingerprint density at radius 2 is 1.93 bits per heavy atom. The molecule has 1 aliphatic heterocycles. The smallest absolute Gasteiger partial charge is 0.309 e. The minimum atomic E-state index is -3.96. The van der Waals surface area contributed by atoms with Crippen LogP contribution in [-0.4, -0.2) is 51.8 Å². The Balaban J connectivity index is 1.73. The van der Waals surface area contributed by atoms with E-state index in [1.54, 1.807) is 18.2 Å². The van der Waals surface area contributed by atoms with E-state index in [9.17, 15) is 18.3 Å². The maximum Gasteiger partial charge on any atom is 0.309 e. The fourth-order valence-corrected chi connectivity index (χ4v) is 5.22. The molecule has 30 heavy (non-hydrogen) atoms. The van der Waals surface area contributed by atoms with Crippen LogP contribution in [0.25, 0.3) is 10.9 Å². The van der Waals surface area contributed by atoms with E-state index in [4.69, 9.17) is 5.11 Å². The SMILES string of the molecule is Cc1ccc2c(CC(=O)O)nn([C@]3(F)CCN(S(=O)(=O)c4ccc(O)cc4)C3)c2c1. The monoisotopic (exact) mass is 433 g/mol. The summed E-state index contributed by atoms with van der Waals surface area (Å²) in [6, 6.07) is 10.3. The van der Waals surface area contributed by atoms with Crippen LogP contribution in [0.3, 0.4) is 0 Å². The Morgan fingerprint density at radius 1 is 1.23 bits per heavy atom. The van der Waals surface area contributed by atoms with Crippen molar-refractivity contribution in [3.05, 3.63) is 53.7 Å². The molecule has 2 N–H and O–H groups in total. The van der Waals surface area contributed by atoms with Gasteiger partial charge < -0.3 is 10.2 Å². The Kier molecular flexibility index (Phi) is 4.78. The number of carboxylic acid groups (broad SMARTS) is 1. The van der Waals surface area contributed by atoms with E-state index in [2.05, 4.69) is 5.10 Å². The largest absolute Gasteiger partial charge is 0.508 e. The topological polar surface area (TPSA) is 113 Å². The zero-order valence-corrected chi connectivity index (χ0v) is 16.9. The van der Waals surface area contributed by atoms with E-state index < -0.39 is 28.3 Å². The molecule has 2 aromatic carbocycles. The van der Waals surface area contributed by atoms with Crippen molar-refractivity contribution in [1.82, 2.24) is 14.1 Å². The van der Waals surface area contributed by atoms with E-state index >= 15 is 4.39 Å². The summed E-state index contributed by atoms with van der Waals surface area (Å²) in [6.07, 6.45) is -0.486. The third-order valence-electron chi connectivity index (χ3n) is 5.25. The first-order chi connectivity index (χ1) is 14.1. The minimum absolute atomic E-state index is 0.0442. The van der Waals surface area contributed by atoms with Gasteiger partial charge in [0.2, 0.25) is 15.8 Å². The second-order valence-electron chi connectivity index (χ2n) is 7.45. The van der Waals surface area contributed by atoms with Crippen LogP contribution in [-0.2, 0) is 27.0 Å². The molecule has 4 rings (SSSR count). The average molecular weight is 433 g/mol. The predicted molar refractivity (Wildman–Crippen MR) is 106 cm³/mol. The highest BCUT2D eigenvalue weighted by molar-refractivity contribution is 7.89. The summed E-state index contributed by atoms with van der Waals surface area (Å²) in [5.74, 6) is -3.27. The molecule has 0 saturated carbocycles. The van der Waals surface area contributed by atoms with Crippen molar-refractivity contribution in [2.45, 2.75) is 30.5 Å². The first-order valence-electron chi connectivity index (χ1n) is 9.29. The van der Waals surface area contributed by atoms with Gasteiger partial charge >= 0.3 is 5.97 Å². The summed E-state index contributed by atoms with van der Waals surface area (Å²) >= 11 is 0. The predicted octanol–water partition coefficient (Wildman–Crippen LogP) is 2.39. The summed E-state index contributed by atoms with van der Waals surface area (Å²) in [4.78, 5) is 11.2. The second kappa shape index (κ2) is 7.06. The van der Waals surface area contributed by atoms with Crippen molar-refractivity contribution < 1.29 is 27.8 Å². The van der Waals surface area contributed by atoms with Crippen LogP contribution >= 0.6 is 0 Å². The quantitative estimate of drug-likeness (QED) is 0.639. The first-order valence-corrected chi connectivity index (χ1v) is 10.7. The number of aromatic nitrogens is 2. The molecule has 0 unspecified atom stereocenters. The average Bonchev–Trinajstić information content (AvgIpc) is 3.24. The fourth-order valence-electron chi connectivity index (χ4n) is 3.74. The number of phenols is 1. The van der Waals surface area contributed by atoms with Crippen molar-refractivity contribution in [3.63, 3.8) is 0 Å². The Morgan fingerprint density at radius 3 is 2.60 bits per heavy atom. The van der Waals surface area contributed by atoms with Crippen LogP contribution in [0, 0.1) is 6.92 Å². The van der Waals surface area contributed by atoms with E-state index in [0.29, 0.717) is 10.9 Å². The summed E-state index contributed by atoms with van der Waals surface area (Å²) in [5, 5.41) is 23.3. The van der Waals surface area contributed by atoms with Gasteiger partial charge in [0, 0.05) is 18.4 Å². The third kappa shape index (κ3) is 3.41. The van der Waals surface area contributed by atoms with Gasteiger partial charge in [-0.2, -0.15) is 9.40 Å². The Labute approximate surface area is 172 Å². The number of rotatable bonds is 5. The van der Waals surface area contributed by atoms with E-state index in [1.165, 1.54) is 24.3 Å². The molecule has 1 aromatic heterocycles. The number of fused-ring (bicyclic) bond motifs is 1. The molecule has 10 heteroatoms. The highest BCUT2D eigenvalue weighted by atomic mass is 32.2. The number of aromatic hydroxyl groups is 1. The molecule has 0 radical (unpaired) electrons. The van der Waals surface area contributed by atoms with Crippen LogP contribution in [0.1, 0.15) is 17.7 Å². The van der Waals surface area contributed by atoms with Crippen molar-refractivity contribution >= 4 is 26.9 Å². The first kappa shape index (κ1) is 20.3. The molecule has 0 spiro atoms. The van der Waals surface area contributed by atoms with Gasteiger partial charge in [-0.3, -0.25) is 4.79 Å². The number of benzene rings is 2. The van der Waals surface area contributed by atoms with Gasteiger partial charge in [-0.1, -0.05) is 12.1 Å². The lowest BCUT2D eigenvalue weighted by Crippen LogP contribution is -2.36.